The Morgan fingerprint density at radius 1 is 1.37 bits per heavy atom. The highest BCUT2D eigenvalue weighted by atomic mass is 35.5. The number of halogens is 2. The van der Waals surface area contributed by atoms with Gasteiger partial charge in [0.05, 0.1) is 29.4 Å². The van der Waals surface area contributed by atoms with Gasteiger partial charge in [0, 0.05) is 19.0 Å². The van der Waals surface area contributed by atoms with E-state index in [-0.39, 0.29) is 12.5 Å². The molecule has 0 radical (unpaired) electrons. The monoisotopic (exact) mass is 305 g/mol. The Morgan fingerprint density at radius 2 is 2.16 bits per heavy atom. The van der Waals surface area contributed by atoms with E-state index in [4.69, 9.17) is 33.0 Å². The number of hydrogen-bond acceptors (Lipinski definition) is 4. The summed E-state index contributed by atoms with van der Waals surface area (Å²) in [4.78, 5) is 0. The van der Waals surface area contributed by atoms with Crippen molar-refractivity contribution in [2.45, 2.75) is 18.1 Å². The van der Waals surface area contributed by atoms with Gasteiger partial charge in [0.2, 0.25) is 0 Å². The SMILES string of the molecule is OCC(O)C1OCCNCC1c1ccc(Cl)c(Cl)c1. The molecule has 0 saturated carbocycles. The molecule has 0 spiro atoms. The second-order valence-electron chi connectivity index (χ2n) is 4.57. The third-order valence-corrected chi connectivity index (χ3v) is 4.03. The maximum absolute atomic E-state index is 9.90. The predicted octanol–water partition coefficient (Wildman–Crippen LogP) is 1.42. The minimum Gasteiger partial charge on any atom is -0.394 e. The molecule has 1 aromatic rings. The van der Waals surface area contributed by atoms with Crippen LogP contribution in [0.5, 0.6) is 0 Å². The summed E-state index contributed by atoms with van der Waals surface area (Å²) < 4.78 is 5.64. The van der Waals surface area contributed by atoms with Crippen LogP contribution in [-0.4, -0.2) is 48.7 Å². The molecule has 3 atom stereocenters. The maximum Gasteiger partial charge on any atom is 0.104 e. The Bertz CT molecular complexity index is 430. The van der Waals surface area contributed by atoms with Crippen LogP contribution in [0.15, 0.2) is 18.2 Å². The van der Waals surface area contributed by atoms with Crippen LogP contribution in [0.25, 0.3) is 0 Å². The van der Waals surface area contributed by atoms with Crippen LogP contribution in [0.2, 0.25) is 10.0 Å². The van der Waals surface area contributed by atoms with E-state index in [1.165, 1.54) is 0 Å². The van der Waals surface area contributed by atoms with E-state index >= 15 is 0 Å². The molecule has 6 heteroatoms. The van der Waals surface area contributed by atoms with Crippen LogP contribution in [0.3, 0.4) is 0 Å². The molecule has 1 aromatic carbocycles. The summed E-state index contributed by atoms with van der Waals surface area (Å²) in [6, 6.07) is 5.38. The first-order valence-electron chi connectivity index (χ1n) is 6.19. The molecular formula is C13H17Cl2NO3. The van der Waals surface area contributed by atoms with E-state index in [0.717, 1.165) is 5.56 Å². The van der Waals surface area contributed by atoms with Crippen molar-refractivity contribution in [1.82, 2.24) is 5.32 Å². The van der Waals surface area contributed by atoms with Crippen molar-refractivity contribution in [3.63, 3.8) is 0 Å². The van der Waals surface area contributed by atoms with Gasteiger partial charge in [-0.1, -0.05) is 29.3 Å². The number of aliphatic hydroxyl groups is 2. The van der Waals surface area contributed by atoms with Crippen LogP contribution in [-0.2, 0) is 4.74 Å². The van der Waals surface area contributed by atoms with Crippen LogP contribution in [0.1, 0.15) is 11.5 Å². The van der Waals surface area contributed by atoms with Gasteiger partial charge >= 0.3 is 0 Å². The molecule has 3 N–H and O–H groups in total. The van der Waals surface area contributed by atoms with Gasteiger partial charge in [0.15, 0.2) is 0 Å². The van der Waals surface area contributed by atoms with E-state index in [2.05, 4.69) is 5.32 Å². The summed E-state index contributed by atoms with van der Waals surface area (Å²) >= 11 is 11.9. The standard InChI is InChI=1S/C13H17Cl2NO3/c14-10-2-1-8(5-11(10)15)9-6-16-3-4-19-13(9)12(18)7-17/h1-2,5,9,12-13,16-18H,3-4,6-7H2. The summed E-state index contributed by atoms with van der Waals surface area (Å²) in [6.45, 7) is 1.54. The molecule has 2 rings (SSSR count). The minimum absolute atomic E-state index is 0.0839. The fourth-order valence-corrected chi connectivity index (χ4v) is 2.60. The van der Waals surface area contributed by atoms with Crippen molar-refractivity contribution >= 4 is 23.2 Å². The first kappa shape index (κ1) is 15.0. The van der Waals surface area contributed by atoms with Crippen molar-refractivity contribution < 1.29 is 14.9 Å². The van der Waals surface area contributed by atoms with Crippen molar-refractivity contribution in [1.29, 1.82) is 0 Å². The highest BCUT2D eigenvalue weighted by Crippen LogP contribution is 2.30. The minimum atomic E-state index is -0.917. The van der Waals surface area contributed by atoms with E-state index in [1.54, 1.807) is 12.1 Å². The Balaban J connectivity index is 2.28. The average molecular weight is 306 g/mol. The number of rotatable bonds is 3. The normalized spacial score (nSPS) is 25.9. The molecule has 3 unspecified atom stereocenters. The lowest BCUT2D eigenvalue weighted by molar-refractivity contribution is -0.0609. The van der Waals surface area contributed by atoms with Gasteiger partial charge < -0.3 is 20.3 Å². The highest BCUT2D eigenvalue weighted by molar-refractivity contribution is 6.42. The Kier molecular flexibility index (Phi) is 5.45. The molecule has 0 aromatic heterocycles. The lowest BCUT2D eigenvalue weighted by Crippen LogP contribution is -2.38. The van der Waals surface area contributed by atoms with Gasteiger partial charge in [0.25, 0.3) is 0 Å². The zero-order valence-electron chi connectivity index (χ0n) is 10.4. The second kappa shape index (κ2) is 6.88. The summed E-state index contributed by atoms with van der Waals surface area (Å²) in [5, 5.41) is 23.3. The largest absolute Gasteiger partial charge is 0.394 e. The van der Waals surface area contributed by atoms with Crippen molar-refractivity contribution in [3.05, 3.63) is 33.8 Å². The van der Waals surface area contributed by atoms with E-state index < -0.39 is 12.2 Å². The van der Waals surface area contributed by atoms with Crippen LogP contribution >= 0.6 is 23.2 Å². The molecule has 4 nitrogen and oxygen atoms in total. The molecule has 0 amide bonds. The summed E-state index contributed by atoms with van der Waals surface area (Å²) in [6.07, 6.45) is -1.38. The molecule has 106 valence electrons. The summed E-state index contributed by atoms with van der Waals surface area (Å²) in [5.74, 6) is -0.0839. The van der Waals surface area contributed by atoms with Gasteiger partial charge in [-0.2, -0.15) is 0 Å². The third-order valence-electron chi connectivity index (χ3n) is 3.29. The van der Waals surface area contributed by atoms with Gasteiger partial charge in [-0.3, -0.25) is 0 Å². The number of hydrogen-bond donors (Lipinski definition) is 3. The lowest BCUT2D eigenvalue weighted by Gasteiger charge is -2.28. The first-order chi connectivity index (χ1) is 9.13. The Morgan fingerprint density at radius 3 is 2.84 bits per heavy atom. The zero-order chi connectivity index (χ0) is 13.8. The fraction of sp³-hybridized carbons (Fsp3) is 0.538. The number of benzene rings is 1. The van der Waals surface area contributed by atoms with Crippen LogP contribution in [0, 0.1) is 0 Å². The summed E-state index contributed by atoms with van der Waals surface area (Å²) in [7, 11) is 0. The quantitative estimate of drug-likeness (QED) is 0.790. The van der Waals surface area contributed by atoms with Crippen LogP contribution < -0.4 is 5.32 Å². The topological polar surface area (TPSA) is 61.7 Å². The van der Waals surface area contributed by atoms with Crippen LogP contribution in [0.4, 0.5) is 0 Å². The second-order valence-corrected chi connectivity index (χ2v) is 5.38. The third kappa shape index (κ3) is 3.60. The van der Waals surface area contributed by atoms with Crippen molar-refractivity contribution in [2.24, 2.45) is 0 Å². The number of aliphatic hydroxyl groups excluding tert-OH is 2. The fourth-order valence-electron chi connectivity index (χ4n) is 2.29. The van der Waals surface area contributed by atoms with Crippen molar-refractivity contribution in [3.8, 4) is 0 Å². The van der Waals surface area contributed by atoms with Gasteiger partial charge in [-0.25, -0.2) is 0 Å². The smallest absolute Gasteiger partial charge is 0.104 e. The molecule has 0 aliphatic carbocycles. The number of nitrogens with one attached hydrogen (secondary N) is 1. The Labute approximate surface area is 122 Å². The highest BCUT2D eigenvalue weighted by Gasteiger charge is 2.31. The molecule has 1 aliphatic rings. The molecule has 1 fully saturated rings. The lowest BCUT2D eigenvalue weighted by atomic mass is 9.90. The average Bonchev–Trinajstić information content (AvgIpc) is 2.66. The van der Waals surface area contributed by atoms with E-state index in [9.17, 15) is 5.11 Å². The molecular weight excluding hydrogens is 289 g/mol. The molecule has 1 heterocycles. The Hall–Kier alpha value is -0.360. The van der Waals surface area contributed by atoms with Gasteiger partial charge in [0.1, 0.15) is 6.10 Å². The molecule has 19 heavy (non-hydrogen) atoms. The zero-order valence-corrected chi connectivity index (χ0v) is 11.9. The summed E-state index contributed by atoms with van der Waals surface area (Å²) in [5.41, 5.74) is 0.932. The van der Waals surface area contributed by atoms with Gasteiger partial charge in [-0.05, 0) is 17.7 Å². The van der Waals surface area contributed by atoms with Gasteiger partial charge in [-0.15, -0.1) is 0 Å². The van der Waals surface area contributed by atoms with Crippen molar-refractivity contribution in [2.75, 3.05) is 26.3 Å². The predicted molar refractivity (Wildman–Crippen MR) is 74.9 cm³/mol. The number of ether oxygens (including phenoxy) is 1. The first-order valence-corrected chi connectivity index (χ1v) is 6.95. The molecule has 0 bridgehead atoms. The van der Waals surface area contributed by atoms with E-state index in [1.807, 2.05) is 6.07 Å². The maximum atomic E-state index is 9.90. The van der Waals surface area contributed by atoms with E-state index in [0.29, 0.717) is 29.7 Å². The molecule has 1 saturated heterocycles. The molecule has 1 aliphatic heterocycles.